The van der Waals surface area contributed by atoms with Crippen LogP contribution in [0.1, 0.15) is 0 Å². The molecule has 0 spiro atoms. The van der Waals surface area contributed by atoms with E-state index in [0.717, 1.165) is 44.5 Å². The van der Waals surface area contributed by atoms with Crippen LogP contribution in [0.3, 0.4) is 0 Å². The lowest BCUT2D eigenvalue weighted by atomic mass is 10.1. The van der Waals surface area contributed by atoms with Crippen LogP contribution in [0.2, 0.25) is 0 Å². The maximum Gasteiger partial charge on any atom is 0.0561 e. The minimum Gasteiger partial charge on any atom is -0.310 e. The molecule has 0 amide bonds. The molecule has 3 aromatic heterocycles. The van der Waals surface area contributed by atoms with Crippen LogP contribution in [-0.4, -0.2) is 13.7 Å². The Balaban J connectivity index is 1.21. The number of rotatable bonds is 3. The lowest BCUT2D eigenvalue weighted by Gasteiger charge is -2.14. The summed E-state index contributed by atoms with van der Waals surface area (Å²) >= 11 is 1.86. The second kappa shape index (κ2) is 12.2. The van der Waals surface area contributed by atoms with Crippen LogP contribution in [-0.2, 0) is 0 Å². The number of fused-ring (bicyclic) bond motifs is 11. The van der Waals surface area contributed by atoms with Crippen molar-refractivity contribution < 1.29 is 0 Å². The summed E-state index contributed by atoms with van der Waals surface area (Å²) in [6.07, 6.45) is 0. The van der Waals surface area contributed by atoms with Gasteiger partial charge in [0, 0.05) is 70.1 Å². The highest BCUT2D eigenvalue weighted by atomic mass is 32.1. The lowest BCUT2D eigenvalue weighted by Crippen LogP contribution is -1.99. The Kier molecular flexibility index (Phi) is 6.80. The quantitative estimate of drug-likeness (QED) is 0.172. The van der Waals surface area contributed by atoms with E-state index in [1.807, 2.05) is 11.3 Å². The molecular formula is C52H33N3S. The molecule has 0 radical (unpaired) electrons. The molecule has 4 heteroatoms. The second-order valence-electron chi connectivity index (χ2n) is 14.7. The van der Waals surface area contributed by atoms with Gasteiger partial charge in [-0.1, -0.05) is 97.1 Å². The summed E-state index contributed by atoms with van der Waals surface area (Å²) in [6.45, 7) is 0. The first-order valence-corrected chi connectivity index (χ1v) is 19.9. The van der Waals surface area contributed by atoms with Crippen molar-refractivity contribution >= 4 is 96.9 Å². The average molecular weight is 732 g/mol. The number of nitrogens with zero attached hydrogens (tertiary/aromatic N) is 3. The van der Waals surface area contributed by atoms with Crippen LogP contribution in [0.5, 0.6) is 0 Å². The van der Waals surface area contributed by atoms with Crippen molar-refractivity contribution in [1.29, 1.82) is 0 Å². The summed E-state index contributed by atoms with van der Waals surface area (Å²) in [7, 11) is 0. The lowest BCUT2D eigenvalue weighted by molar-refractivity contribution is 1.14. The van der Waals surface area contributed by atoms with Gasteiger partial charge in [-0.05, 0) is 125 Å². The van der Waals surface area contributed by atoms with Gasteiger partial charge in [0.05, 0.1) is 11.0 Å². The maximum absolute atomic E-state index is 2.43. The first-order valence-electron chi connectivity index (χ1n) is 19.1. The number of hydrogen-bond acceptors (Lipinski definition) is 1. The van der Waals surface area contributed by atoms with Gasteiger partial charge >= 0.3 is 0 Å². The molecule has 3 heterocycles. The molecule has 0 aliphatic heterocycles. The van der Waals surface area contributed by atoms with Crippen molar-refractivity contribution in [3.05, 3.63) is 200 Å². The van der Waals surface area contributed by atoms with Gasteiger partial charge in [0.2, 0.25) is 0 Å². The molecule has 0 unspecified atom stereocenters. The number of hydrogen-bond donors (Lipinski definition) is 0. The fourth-order valence-corrected chi connectivity index (χ4v) is 9.91. The summed E-state index contributed by atoms with van der Waals surface area (Å²) in [5.41, 5.74) is 10.3. The van der Waals surface area contributed by atoms with Gasteiger partial charge in [0.1, 0.15) is 0 Å². The standard InChI is InChI=1S/C52H33N3S/c1-2-14-38(15-3-1)55-49-19-7-6-18-45(49)46-25-22-44(33-50(46)55)54-40-17-9-13-37(30-40)36-12-8-16-39(29-36)53(41-21-20-34-10-4-5-11-35(34)28-41)42-23-26-51-47(31-42)48-32-43(54)24-27-52(48)56-51/h1-33H. The zero-order valence-corrected chi connectivity index (χ0v) is 31.1. The predicted octanol–water partition coefficient (Wildman–Crippen LogP) is 14.5. The van der Waals surface area contributed by atoms with E-state index in [-0.39, 0.29) is 0 Å². The molecule has 0 atom stereocenters. The molecule has 262 valence electrons. The highest BCUT2D eigenvalue weighted by molar-refractivity contribution is 7.25. The molecule has 0 saturated carbocycles. The van der Waals surface area contributed by atoms with Gasteiger partial charge in [-0.3, -0.25) is 0 Å². The first-order chi connectivity index (χ1) is 27.7. The smallest absolute Gasteiger partial charge is 0.0561 e. The number of thiophene rings is 1. The van der Waals surface area contributed by atoms with Crippen LogP contribution < -0.4 is 0 Å². The second-order valence-corrected chi connectivity index (χ2v) is 15.7. The zero-order chi connectivity index (χ0) is 36.7. The van der Waals surface area contributed by atoms with Crippen molar-refractivity contribution in [3.8, 4) is 17.1 Å². The van der Waals surface area contributed by atoms with Gasteiger partial charge in [-0.25, -0.2) is 0 Å². The van der Waals surface area contributed by atoms with Crippen LogP contribution in [0.4, 0.5) is 0 Å². The zero-order valence-electron chi connectivity index (χ0n) is 30.3. The first kappa shape index (κ1) is 31.2. The van der Waals surface area contributed by atoms with Crippen molar-refractivity contribution in [3.63, 3.8) is 0 Å². The summed E-state index contributed by atoms with van der Waals surface area (Å²) in [4.78, 5) is 0. The summed E-state index contributed by atoms with van der Waals surface area (Å²) in [5.74, 6) is 0. The van der Waals surface area contributed by atoms with E-state index in [2.05, 4.69) is 214 Å². The van der Waals surface area contributed by atoms with Crippen LogP contribution in [0.25, 0.3) is 103 Å². The van der Waals surface area contributed by atoms with Crippen LogP contribution in [0, 0.1) is 0 Å². The molecule has 12 rings (SSSR count). The van der Waals surface area contributed by atoms with E-state index in [9.17, 15) is 0 Å². The van der Waals surface area contributed by atoms with E-state index in [4.69, 9.17) is 0 Å². The molecule has 56 heavy (non-hydrogen) atoms. The fourth-order valence-electron chi connectivity index (χ4n) is 8.84. The van der Waals surface area contributed by atoms with Gasteiger partial charge in [-0.15, -0.1) is 11.3 Å². The molecule has 0 N–H and O–H groups in total. The monoisotopic (exact) mass is 731 g/mol. The number of benzene rings is 9. The van der Waals surface area contributed by atoms with E-state index in [0.29, 0.717) is 0 Å². The molecule has 8 bridgehead atoms. The van der Waals surface area contributed by atoms with Gasteiger partial charge < -0.3 is 13.7 Å². The molecule has 0 saturated heterocycles. The van der Waals surface area contributed by atoms with Crippen molar-refractivity contribution in [1.82, 2.24) is 13.7 Å². The molecule has 9 aromatic carbocycles. The Labute approximate surface area is 326 Å². The minimum atomic E-state index is 1.11. The van der Waals surface area contributed by atoms with E-state index in [1.54, 1.807) is 0 Å². The summed E-state index contributed by atoms with van der Waals surface area (Å²) in [6, 6.07) is 73.8. The average Bonchev–Trinajstić information content (AvgIpc) is 3.79. The summed E-state index contributed by atoms with van der Waals surface area (Å²) < 4.78 is 9.80. The van der Waals surface area contributed by atoms with Crippen molar-refractivity contribution in [2.75, 3.05) is 0 Å². The van der Waals surface area contributed by atoms with Crippen molar-refractivity contribution in [2.45, 2.75) is 0 Å². The molecule has 12 aromatic rings. The Morgan fingerprint density at radius 1 is 0.268 bits per heavy atom. The molecule has 0 aliphatic rings. The Morgan fingerprint density at radius 3 is 1.52 bits per heavy atom. The largest absolute Gasteiger partial charge is 0.310 e. The van der Waals surface area contributed by atoms with Gasteiger partial charge in [0.25, 0.3) is 0 Å². The Bertz CT molecular complexity index is 3600. The van der Waals surface area contributed by atoms with E-state index < -0.39 is 0 Å². The third kappa shape index (κ3) is 4.83. The maximum atomic E-state index is 2.43. The van der Waals surface area contributed by atoms with Crippen LogP contribution >= 0.6 is 11.3 Å². The third-order valence-electron chi connectivity index (χ3n) is 11.4. The molecule has 0 fully saturated rings. The molecule has 3 nitrogen and oxygen atoms in total. The third-order valence-corrected chi connectivity index (χ3v) is 12.6. The fraction of sp³-hybridized carbons (Fsp3) is 0. The normalized spacial score (nSPS) is 11.9. The SMILES string of the molecule is c1ccc(-n2c3ccccc3c3ccc(-n4c5cccc(c5)c5cccc(c5)n(-c5ccc6ccccc6c5)c5ccc6sc7ccc4cc7c6c5)cc32)cc1. The topological polar surface area (TPSA) is 14.8 Å². The molecular weight excluding hydrogens is 699 g/mol. The Morgan fingerprint density at radius 2 is 0.804 bits per heavy atom. The van der Waals surface area contributed by atoms with E-state index >= 15 is 0 Å². The minimum absolute atomic E-state index is 1.11. The van der Waals surface area contributed by atoms with Crippen molar-refractivity contribution in [2.24, 2.45) is 0 Å². The number of para-hydroxylation sites is 2. The van der Waals surface area contributed by atoms with Gasteiger partial charge in [-0.2, -0.15) is 0 Å². The van der Waals surface area contributed by atoms with Gasteiger partial charge in [0.15, 0.2) is 0 Å². The highest BCUT2D eigenvalue weighted by Gasteiger charge is 2.15. The van der Waals surface area contributed by atoms with E-state index in [1.165, 1.54) is 58.1 Å². The van der Waals surface area contributed by atoms with Crippen LogP contribution in [0.15, 0.2) is 200 Å². The predicted molar refractivity (Wildman–Crippen MR) is 240 cm³/mol. The Hall–Kier alpha value is -7.14. The summed E-state index contributed by atoms with van der Waals surface area (Å²) in [5, 5.41) is 9.80. The number of aromatic nitrogens is 3. The highest BCUT2D eigenvalue weighted by Crippen LogP contribution is 2.38. The molecule has 0 aliphatic carbocycles.